The summed E-state index contributed by atoms with van der Waals surface area (Å²) >= 11 is 11.3. The van der Waals surface area contributed by atoms with Crippen molar-refractivity contribution in [1.29, 1.82) is 0 Å². The molecule has 2 rings (SSSR count). The summed E-state index contributed by atoms with van der Waals surface area (Å²) < 4.78 is 5.49. The number of phenolic OH excluding ortho intramolecular Hbond substituents is 1. The van der Waals surface area contributed by atoms with Gasteiger partial charge >= 0.3 is 0 Å². The molecular formula is C18H20Cl2N2O4. The van der Waals surface area contributed by atoms with Crippen molar-refractivity contribution in [3.05, 3.63) is 57.6 Å². The first-order valence-electron chi connectivity index (χ1n) is 7.70. The molecule has 8 heteroatoms. The highest BCUT2D eigenvalue weighted by atomic mass is 35.5. The second-order valence-electron chi connectivity index (χ2n) is 5.19. The lowest BCUT2D eigenvalue weighted by Crippen LogP contribution is -2.33. The number of ether oxygens (including phenoxy) is 1. The lowest BCUT2D eigenvalue weighted by Gasteiger charge is -2.16. The second-order valence-corrected chi connectivity index (χ2v) is 6.07. The van der Waals surface area contributed by atoms with Crippen molar-refractivity contribution in [3.8, 4) is 11.5 Å². The van der Waals surface area contributed by atoms with Gasteiger partial charge in [0.25, 0.3) is 5.91 Å². The highest BCUT2D eigenvalue weighted by molar-refractivity contribution is 6.31. The zero-order valence-electron chi connectivity index (χ0n) is 14.1. The number of amides is 1. The van der Waals surface area contributed by atoms with E-state index < -0.39 is 12.0 Å². The maximum atomic E-state index is 11.0. The predicted molar refractivity (Wildman–Crippen MR) is 102 cm³/mol. The fourth-order valence-corrected chi connectivity index (χ4v) is 2.30. The van der Waals surface area contributed by atoms with Crippen molar-refractivity contribution in [3.63, 3.8) is 0 Å². The van der Waals surface area contributed by atoms with Gasteiger partial charge in [-0.3, -0.25) is 9.59 Å². The standard InChI is InChI=1S/C11H15ClN2O2.C7H5ClO2/c1-2-9(11(14)15)16-10-4-3-8(12)5-7(10)6-13;8-6-2-1-5(4-9)7(10)3-6/h3-5,9H,2,6,13H2,1H3,(H2,14,15);1-4,10H. The number of carbonyl (C=O) groups is 2. The molecule has 0 heterocycles. The van der Waals surface area contributed by atoms with Gasteiger partial charge in [0.05, 0.1) is 5.56 Å². The molecule has 5 N–H and O–H groups in total. The van der Waals surface area contributed by atoms with Crippen LogP contribution in [0, 0.1) is 0 Å². The molecule has 1 amide bonds. The van der Waals surface area contributed by atoms with Crippen molar-refractivity contribution in [2.24, 2.45) is 11.5 Å². The summed E-state index contributed by atoms with van der Waals surface area (Å²) in [5.41, 5.74) is 11.8. The van der Waals surface area contributed by atoms with E-state index in [9.17, 15) is 9.59 Å². The van der Waals surface area contributed by atoms with Crippen LogP contribution in [0.5, 0.6) is 11.5 Å². The Bertz CT molecular complexity index is 769. The average Bonchev–Trinajstić information content (AvgIpc) is 2.60. The number of halogens is 2. The summed E-state index contributed by atoms with van der Waals surface area (Å²) in [6.45, 7) is 2.12. The van der Waals surface area contributed by atoms with Crippen molar-refractivity contribution in [2.75, 3.05) is 0 Å². The van der Waals surface area contributed by atoms with E-state index in [0.717, 1.165) is 5.56 Å². The van der Waals surface area contributed by atoms with E-state index in [-0.39, 0.29) is 11.3 Å². The first kappa shape index (κ1) is 21.8. The molecule has 0 aliphatic carbocycles. The predicted octanol–water partition coefficient (Wildman–Crippen LogP) is 3.30. The topological polar surface area (TPSA) is 116 Å². The number of hydrogen-bond acceptors (Lipinski definition) is 5. The van der Waals surface area contributed by atoms with Crippen molar-refractivity contribution in [1.82, 2.24) is 0 Å². The van der Waals surface area contributed by atoms with E-state index in [2.05, 4.69) is 0 Å². The molecular weight excluding hydrogens is 379 g/mol. The van der Waals surface area contributed by atoms with Crippen LogP contribution >= 0.6 is 23.2 Å². The molecule has 0 aliphatic rings. The average molecular weight is 399 g/mol. The van der Waals surface area contributed by atoms with E-state index in [0.29, 0.717) is 35.0 Å². The van der Waals surface area contributed by atoms with Crippen LogP contribution in [-0.4, -0.2) is 23.4 Å². The van der Waals surface area contributed by atoms with Crippen LogP contribution in [0.25, 0.3) is 0 Å². The van der Waals surface area contributed by atoms with Gasteiger partial charge in [0.1, 0.15) is 11.5 Å². The summed E-state index contributed by atoms with van der Waals surface area (Å²) in [5, 5.41) is 9.98. The number of nitrogens with two attached hydrogens (primary N) is 2. The number of rotatable bonds is 6. The largest absolute Gasteiger partial charge is 0.507 e. The molecule has 140 valence electrons. The van der Waals surface area contributed by atoms with Crippen LogP contribution in [0.2, 0.25) is 10.0 Å². The fourth-order valence-electron chi connectivity index (χ4n) is 1.93. The molecule has 0 radical (unpaired) electrons. The Balaban J connectivity index is 0.000000289. The number of aldehydes is 1. The number of phenols is 1. The summed E-state index contributed by atoms with van der Waals surface area (Å²) in [5.74, 6) is -0.0135. The van der Waals surface area contributed by atoms with Gasteiger partial charge in [-0.25, -0.2) is 0 Å². The van der Waals surface area contributed by atoms with Gasteiger partial charge in [0.2, 0.25) is 0 Å². The molecule has 26 heavy (non-hydrogen) atoms. The molecule has 0 saturated carbocycles. The lowest BCUT2D eigenvalue weighted by molar-refractivity contribution is -0.124. The van der Waals surface area contributed by atoms with Gasteiger partial charge in [-0.2, -0.15) is 0 Å². The quantitative estimate of drug-likeness (QED) is 0.645. The van der Waals surface area contributed by atoms with E-state index in [4.69, 9.17) is 44.5 Å². The second kappa shape index (κ2) is 10.7. The van der Waals surface area contributed by atoms with Crippen LogP contribution < -0.4 is 16.2 Å². The Morgan fingerprint density at radius 2 is 1.85 bits per heavy atom. The number of primary amides is 1. The summed E-state index contributed by atoms with van der Waals surface area (Å²) in [4.78, 5) is 21.2. The summed E-state index contributed by atoms with van der Waals surface area (Å²) in [6.07, 6.45) is 0.458. The van der Waals surface area contributed by atoms with Gasteiger partial charge in [-0.15, -0.1) is 0 Å². The Morgan fingerprint density at radius 3 is 2.35 bits per heavy atom. The maximum absolute atomic E-state index is 11.0. The number of benzene rings is 2. The molecule has 0 fully saturated rings. The Morgan fingerprint density at radius 1 is 1.23 bits per heavy atom. The Kier molecular flexibility index (Phi) is 8.92. The third-order valence-corrected chi connectivity index (χ3v) is 3.79. The van der Waals surface area contributed by atoms with Gasteiger partial charge < -0.3 is 21.3 Å². The van der Waals surface area contributed by atoms with Gasteiger partial charge in [-0.1, -0.05) is 30.1 Å². The highest BCUT2D eigenvalue weighted by Gasteiger charge is 2.16. The summed E-state index contributed by atoms with van der Waals surface area (Å²) in [6, 6.07) is 9.42. The molecule has 0 spiro atoms. The first-order valence-corrected chi connectivity index (χ1v) is 8.46. The zero-order chi connectivity index (χ0) is 19.7. The van der Waals surface area contributed by atoms with Crippen molar-refractivity contribution < 1.29 is 19.4 Å². The molecule has 1 unspecified atom stereocenters. The third kappa shape index (κ3) is 6.55. The number of carbonyl (C=O) groups excluding carboxylic acids is 2. The van der Waals surface area contributed by atoms with Crippen molar-refractivity contribution in [2.45, 2.75) is 26.0 Å². The van der Waals surface area contributed by atoms with Crippen LogP contribution in [0.4, 0.5) is 0 Å². The van der Waals surface area contributed by atoms with Crippen LogP contribution in [0.15, 0.2) is 36.4 Å². The first-order chi connectivity index (χ1) is 12.3. The minimum Gasteiger partial charge on any atom is -0.507 e. The van der Waals surface area contributed by atoms with Gasteiger partial charge in [-0.05, 0) is 42.8 Å². The molecule has 1 atom stereocenters. The van der Waals surface area contributed by atoms with Gasteiger partial charge in [0, 0.05) is 22.2 Å². The third-order valence-electron chi connectivity index (χ3n) is 3.32. The van der Waals surface area contributed by atoms with E-state index in [1.807, 2.05) is 6.92 Å². The Hall–Kier alpha value is -2.28. The minimum absolute atomic E-state index is 0.0810. The number of aromatic hydroxyl groups is 1. The zero-order valence-corrected chi connectivity index (χ0v) is 15.6. The SMILES string of the molecule is CCC(Oc1ccc(Cl)cc1CN)C(N)=O.O=Cc1ccc(Cl)cc1O. The minimum atomic E-state index is -0.633. The normalized spacial score (nSPS) is 11.1. The van der Waals surface area contributed by atoms with Crippen LogP contribution in [0.1, 0.15) is 29.3 Å². The van der Waals surface area contributed by atoms with Crippen LogP contribution in [-0.2, 0) is 11.3 Å². The highest BCUT2D eigenvalue weighted by Crippen LogP contribution is 2.24. The monoisotopic (exact) mass is 398 g/mol. The van der Waals surface area contributed by atoms with Gasteiger partial charge in [0.15, 0.2) is 12.4 Å². The van der Waals surface area contributed by atoms with E-state index in [1.54, 1.807) is 24.3 Å². The molecule has 0 aromatic heterocycles. The fraction of sp³-hybridized carbons (Fsp3) is 0.222. The maximum Gasteiger partial charge on any atom is 0.258 e. The molecule has 0 aliphatic heterocycles. The molecule has 6 nitrogen and oxygen atoms in total. The summed E-state index contributed by atoms with van der Waals surface area (Å²) in [7, 11) is 0. The van der Waals surface area contributed by atoms with E-state index >= 15 is 0 Å². The molecule has 2 aromatic carbocycles. The smallest absolute Gasteiger partial charge is 0.258 e. The van der Waals surface area contributed by atoms with E-state index in [1.165, 1.54) is 12.1 Å². The molecule has 0 bridgehead atoms. The molecule has 2 aromatic rings. The molecule has 0 saturated heterocycles. The Labute approximate surface area is 161 Å². The number of hydrogen-bond donors (Lipinski definition) is 3. The lowest BCUT2D eigenvalue weighted by atomic mass is 10.2. The van der Waals surface area contributed by atoms with Crippen molar-refractivity contribution >= 4 is 35.4 Å². The van der Waals surface area contributed by atoms with Crippen LogP contribution in [0.3, 0.4) is 0 Å².